The fourth-order valence-corrected chi connectivity index (χ4v) is 6.58. The van der Waals surface area contributed by atoms with Crippen molar-refractivity contribution in [2.24, 2.45) is 0 Å². The van der Waals surface area contributed by atoms with E-state index >= 15 is 0 Å². The van der Waals surface area contributed by atoms with Gasteiger partial charge in [-0.1, -0.05) is 12.1 Å². The van der Waals surface area contributed by atoms with Gasteiger partial charge in [0.1, 0.15) is 5.01 Å². The van der Waals surface area contributed by atoms with Crippen LogP contribution in [0.3, 0.4) is 0 Å². The number of hydrogen-bond donors (Lipinski definition) is 0. The molecule has 1 aliphatic heterocycles. The summed E-state index contributed by atoms with van der Waals surface area (Å²) in [5, 5.41) is 0.722. The average molecular weight is 461 g/mol. The highest BCUT2D eigenvalue weighted by molar-refractivity contribution is 7.89. The fourth-order valence-electron chi connectivity index (χ4n) is 3.66. The first-order chi connectivity index (χ1) is 14.8. The number of ether oxygens (including phenoxy) is 2. The van der Waals surface area contributed by atoms with Crippen molar-refractivity contribution in [2.45, 2.75) is 23.8 Å². The third kappa shape index (κ3) is 3.93. The molecule has 1 fully saturated rings. The predicted molar refractivity (Wildman–Crippen MR) is 115 cm³/mol. The van der Waals surface area contributed by atoms with Gasteiger partial charge in [0, 0.05) is 6.54 Å². The van der Waals surface area contributed by atoms with Crippen LogP contribution >= 0.6 is 11.3 Å². The number of fused-ring (bicyclic) bond motifs is 1. The summed E-state index contributed by atoms with van der Waals surface area (Å²) in [6.45, 7) is 0.318. The molecule has 4 rings (SSSR count). The lowest BCUT2D eigenvalue weighted by molar-refractivity contribution is 0.0598. The van der Waals surface area contributed by atoms with Crippen LogP contribution < -0.4 is 0 Å². The molecule has 2 aromatic carbocycles. The zero-order valence-electron chi connectivity index (χ0n) is 16.9. The summed E-state index contributed by atoms with van der Waals surface area (Å²) < 4.78 is 38.9. The second-order valence-corrected chi connectivity index (χ2v) is 9.98. The van der Waals surface area contributed by atoms with Gasteiger partial charge in [0.05, 0.1) is 46.5 Å². The molecule has 0 amide bonds. The Morgan fingerprint density at radius 2 is 1.71 bits per heavy atom. The maximum absolute atomic E-state index is 13.6. The third-order valence-electron chi connectivity index (χ3n) is 5.15. The van der Waals surface area contributed by atoms with E-state index in [4.69, 9.17) is 9.47 Å². The van der Waals surface area contributed by atoms with E-state index in [9.17, 15) is 18.0 Å². The Balaban J connectivity index is 1.77. The number of hydrogen-bond acceptors (Lipinski definition) is 8. The fraction of sp³-hybridized carbons (Fsp3) is 0.286. The van der Waals surface area contributed by atoms with E-state index in [2.05, 4.69) is 4.98 Å². The Labute approximate surface area is 183 Å². The van der Waals surface area contributed by atoms with Crippen LogP contribution in [0.15, 0.2) is 47.4 Å². The number of nitrogens with zero attached hydrogens (tertiary/aromatic N) is 2. The Bertz CT molecular complexity index is 1200. The van der Waals surface area contributed by atoms with Crippen LogP contribution in [0.1, 0.15) is 44.6 Å². The molecule has 31 heavy (non-hydrogen) atoms. The van der Waals surface area contributed by atoms with Gasteiger partial charge in [-0.3, -0.25) is 0 Å². The summed E-state index contributed by atoms with van der Waals surface area (Å²) in [6.07, 6.45) is 1.32. The first kappa shape index (κ1) is 21.4. The van der Waals surface area contributed by atoms with Gasteiger partial charge in [-0.25, -0.2) is 23.0 Å². The molecular formula is C21H20N2O6S2. The number of esters is 2. The zero-order chi connectivity index (χ0) is 22.2. The van der Waals surface area contributed by atoms with Crippen molar-refractivity contribution in [1.82, 2.24) is 9.29 Å². The van der Waals surface area contributed by atoms with Crippen molar-refractivity contribution in [1.29, 1.82) is 0 Å². The van der Waals surface area contributed by atoms with Gasteiger partial charge in [0.25, 0.3) is 0 Å². The molecule has 8 nitrogen and oxygen atoms in total. The number of para-hydroxylation sites is 1. The van der Waals surface area contributed by atoms with E-state index in [0.29, 0.717) is 19.4 Å². The van der Waals surface area contributed by atoms with Crippen LogP contribution in [0.25, 0.3) is 10.2 Å². The van der Waals surface area contributed by atoms with Crippen LogP contribution in [0, 0.1) is 0 Å². The average Bonchev–Trinajstić information content (AvgIpc) is 3.44. The van der Waals surface area contributed by atoms with Crippen LogP contribution in [-0.4, -0.2) is 50.4 Å². The Morgan fingerprint density at radius 1 is 1.06 bits per heavy atom. The summed E-state index contributed by atoms with van der Waals surface area (Å²) >= 11 is 1.47. The van der Waals surface area contributed by atoms with Gasteiger partial charge in [0.15, 0.2) is 0 Å². The minimum Gasteiger partial charge on any atom is -0.465 e. The van der Waals surface area contributed by atoms with Crippen molar-refractivity contribution in [3.05, 3.63) is 58.6 Å². The molecule has 1 aliphatic rings. The summed E-state index contributed by atoms with van der Waals surface area (Å²) in [7, 11) is -1.65. The van der Waals surface area contributed by atoms with Gasteiger partial charge in [-0.15, -0.1) is 11.3 Å². The van der Waals surface area contributed by atoms with E-state index in [-0.39, 0.29) is 16.0 Å². The summed E-state index contributed by atoms with van der Waals surface area (Å²) in [5.41, 5.74) is 0.742. The van der Waals surface area contributed by atoms with Crippen molar-refractivity contribution >= 4 is 43.5 Å². The summed E-state index contributed by atoms with van der Waals surface area (Å²) in [6, 6.07) is 10.9. The topological polar surface area (TPSA) is 103 Å². The molecule has 0 unspecified atom stereocenters. The Hall–Kier alpha value is -2.82. The van der Waals surface area contributed by atoms with E-state index in [1.54, 1.807) is 0 Å². The van der Waals surface area contributed by atoms with Crippen LogP contribution in [-0.2, 0) is 19.5 Å². The normalized spacial score (nSPS) is 17.0. The first-order valence-electron chi connectivity index (χ1n) is 9.54. The number of carbonyl (C=O) groups excluding carboxylic acids is 2. The van der Waals surface area contributed by atoms with Gasteiger partial charge >= 0.3 is 11.9 Å². The molecule has 1 atom stereocenters. The van der Waals surface area contributed by atoms with Crippen LogP contribution in [0.2, 0.25) is 0 Å². The molecule has 10 heteroatoms. The SMILES string of the molecule is COC(=O)c1cc(C(=O)OC)cc(S(=O)(=O)N2CCC[C@@H]2c2nc3ccccc3s2)c1. The van der Waals surface area contributed by atoms with Crippen molar-refractivity contribution in [3.63, 3.8) is 0 Å². The van der Waals surface area contributed by atoms with E-state index in [0.717, 1.165) is 15.2 Å². The van der Waals surface area contributed by atoms with Crippen LogP contribution in [0.5, 0.6) is 0 Å². The number of sulfonamides is 1. The maximum Gasteiger partial charge on any atom is 0.337 e. The first-order valence-corrected chi connectivity index (χ1v) is 11.8. The van der Waals surface area contributed by atoms with Crippen LogP contribution in [0.4, 0.5) is 0 Å². The maximum atomic E-state index is 13.6. The lowest BCUT2D eigenvalue weighted by Gasteiger charge is -2.23. The smallest absolute Gasteiger partial charge is 0.337 e. The second-order valence-electron chi connectivity index (χ2n) is 7.02. The predicted octanol–water partition coefficient (Wildman–Crippen LogP) is 3.40. The third-order valence-corrected chi connectivity index (χ3v) is 8.18. The number of rotatable bonds is 5. The highest BCUT2D eigenvalue weighted by Gasteiger charge is 2.38. The van der Waals surface area contributed by atoms with Crippen molar-refractivity contribution in [3.8, 4) is 0 Å². The zero-order valence-corrected chi connectivity index (χ0v) is 18.5. The molecule has 0 radical (unpaired) electrons. The Kier molecular flexibility index (Phi) is 5.78. The molecule has 0 saturated carbocycles. The number of carbonyl (C=O) groups is 2. The Morgan fingerprint density at radius 3 is 2.32 bits per heavy atom. The summed E-state index contributed by atoms with van der Waals surface area (Å²) in [4.78, 5) is 28.6. The molecule has 1 saturated heterocycles. The van der Waals surface area contributed by atoms with Gasteiger partial charge in [0.2, 0.25) is 10.0 Å². The van der Waals surface area contributed by atoms with E-state index in [1.807, 2.05) is 24.3 Å². The largest absolute Gasteiger partial charge is 0.465 e. The highest BCUT2D eigenvalue weighted by atomic mass is 32.2. The number of benzene rings is 2. The monoisotopic (exact) mass is 460 g/mol. The number of methoxy groups -OCH3 is 2. The van der Waals surface area contributed by atoms with Gasteiger partial charge in [-0.05, 0) is 43.2 Å². The molecule has 0 spiro atoms. The van der Waals surface area contributed by atoms with Crippen molar-refractivity contribution < 1.29 is 27.5 Å². The standard InChI is InChI=1S/C21H20N2O6S2/c1-28-20(24)13-10-14(21(25)29-2)12-15(11-13)31(26,27)23-9-5-7-17(23)19-22-16-6-3-4-8-18(16)30-19/h3-4,6,8,10-12,17H,5,7,9H2,1-2H3/t17-/m1/s1. The number of thiazole rings is 1. The molecule has 2 heterocycles. The van der Waals surface area contributed by atoms with Crippen molar-refractivity contribution in [2.75, 3.05) is 20.8 Å². The molecule has 162 valence electrons. The van der Waals surface area contributed by atoms with E-state index in [1.165, 1.54) is 48.1 Å². The molecule has 1 aromatic heterocycles. The number of aromatic nitrogens is 1. The van der Waals surface area contributed by atoms with Gasteiger partial charge < -0.3 is 9.47 Å². The molecule has 3 aromatic rings. The highest BCUT2D eigenvalue weighted by Crippen LogP contribution is 2.40. The summed E-state index contributed by atoms with van der Waals surface area (Å²) in [5.74, 6) is -1.49. The molecule has 0 bridgehead atoms. The lowest BCUT2D eigenvalue weighted by Crippen LogP contribution is -2.31. The molecular weight excluding hydrogens is 440 g/mol. The molecule has 0 aliphatic carbocycles. The van der Waals surface area contributed by atoms with E-state index < -0.39 is 28.0 Å². The minimum atomic E-state index is -4.02. The lowest BCUT2D eigenvalue weighted by atomic mass is 10.1. The minimum absolute atomic E-state index is 0.0419. The van der Waals surface area contributed by atoms with Gasteiger partial charge in [-0.2, -0.15) is 4.31 Å². The molecule has 0 N–H and O–H groups in total. The quantitative estimate of drug-likeness (QED) is 0.538. The second kappa shape index (κ2) is 8.37.